The van der Waals surface area contributed by atoms with Gasteiger partial charge in [-0.2, -0.15) is 0 Å². The minimum Gasteiger partial charge on any atom is -0.376 e. The van der Waals surface area contributed by atoms with E-state index >= 15 is 0 Å². The summed E-state index contributed by atoms with van der Waals surface area (Å²) in [5, 5.41) is 9.59. The van der Waals surface area contributed by atoms with Gasteiger partial charge >= 0.3 is 0 Å². The first kappa shape index (κ1) is 10.7. The maximum atomic E-state index is 5.47. The Morgan fingerprint density at radius 2 is 2.53 bits per heavy atom. The van der Waals surface area contributed by atoms with Gasteiger partial charge in [-0.25, -0.2) is 5.84 Å². The van der Waals surface area contributed by atoms with E-state index in [1.165, 1.54) is 11.3 Å². The molecule has 0 spiro atoms. The summed E-state index contributed by atoms with van der Waals surface area (Å²) in [6, 6.07) is 0. The number of morpholine rings is 1. The van der Waals surface area contributed by atoms with Crippen LogP contribution in [0.2, 0.25) is 0 Å². The fourth-order valence-corrected chi connectivity index (χ4v) is 2.29. The fourth-order valence-electron chi connectivity index (χ4n) is 1.60. The molecule has 6 nitrogen and oxygen atoms in total. The summed E-state index contributed by atoms with van der Waals surface area (Å²) in [6.07, 6.45) is 0.304. The van der Waals surface area contributed by atoms with E-state index in [-0.39, 0.29) is 0 Å². The van der Waals surface area contributed by atoms with Crippen molar-refractivity contribution >= 4 is 16.5 Å². The summed E-state index contributed by atoms with van der Waals surface area (Å²) < 4.78 is 5.47. The predicted molar refractivity (Wildman–Crippen MR) is 58.4 cm³/mol. The largest absolute Gasteiger partial charge is 0.376 e. The van der Waals surface area contributed by atoms with Gasteiger partial charge in [-0.1, -0.05) is 11.3 Å². The van der Waals surface area contributed by atoms with Crippen molar-refractivity contribution in [3.05, 3.63) is 5.01 Å². The molecule has 0 bridgehead atoms. The number of hydrazine groups is 1. The van der Waals surface area contributed by atoms with Crippen LogP contribution in [0.1, 0.15) is 11.9 Å². The van der Waals surface area contributed by atoms with Crippen LogP contribution in [-0.2, 0) is 11.3 Å². The van der Waals surface area contributed by atoms with E-state index in [0.29, 0.717) is 11.2 Å². The number of aromatic nitrogens is 2. The molecule has 7 heteroatoms. The van der Waals surface area contributed by atoms with Gasteiger partial charge in [0.1, 0.15) is 5.01 Å². The van der Waals surface area contributed by atoms with E-state index in [1.54, 1.807) is 0 Å². The van der Waals surface area contributed by atoms with E-state index < -0.39 is 0 Å². The van der Waals surface area contributed by atoms with Gasteiger partial charge in [0.2, 0.25) is 5.13 Å². The number of nitrogens with one attached hydrogen (secondary N) is 1. The Balaban J connectivity index is 1.90. The van der Waals surface area contributed by atoms with Crippen LogP contribution in [0.25, 0.3) is 0 Å². The van der Waals surface area contributed by atoms with Gasteiger partial charge in [0.05, 0.1) is 19.3 Å². The van der Waals surface area contributed by atoms with Crippen LogP contribution in [0.3, 0.4) is 0 Å². The molecule has 1 atom stereocenters. The molecule has 84 valence electrons. The van der Waals surface area contributed by atoms with Crippen LogP contribution in [0, 0.1) is 0 Å². The zero-order valence-electron chi connectivity index (χ0n) is 8.64. The van der Waals surface area contributed by atoms with E-state index in [4.69, 9.17) is 10.6 Å². The number of nitrogens with zero attached hydrogens (tertiary/aromatic N) is 3. The van der Waals surface area contributed by atoms with E-state index in [9.17, 15) is 0 Å². The lowest BCUT2D eigenvalue weighted by atomic mass is 10.3. The standard InChI is InChI=1S/C8H15N5OS/c1-6-4-13(2-3-14-6)5-7-11-12-8(10-9)15-7/h6H,2-5,9H2,1H3,(H,10,12). The Morgan fingerprint density at radius 1 is 1.67 bits per heavy atom. The summed E-state index contributed by atoms with van der Waals surface area (Å²) in [6.45, 7) is 5.61. The van der Waals surface area contributed by atoms with Crippen molar-refractivity contribution in [1.82, 2.24) is 15.1 Å². The summed E-state index contributed by atoms with van der Waals surface area (Å²) >= 11 is 1.49. The Bertz CT molecular complexity index is 318. The van der Waals surface area contributed by atoms with Crippen LogP contribution < -0.4 is 11.3 Å². The molecule has 0 aliphatic carbocycles. The van der Waals surface area contributed by atoms with Crippen LogP contribution in [0.5, 0.6) is 0 Å². The lowest BCUT2D eigenvalue weighted by Crippen LogP contribution is -2.40. The smallest absolute Gasteiger partial charge is 0.219 e. The first-order chi connectivity index (χ1) is 7.28. The Morgan fingerprint density at radius 3 is 3.20 bits per heavy atom. The molecule has 1 saturated heterocycles. The zero-order valence-corrected chi connectivity index (χ0v) is 9.46. The van der Waals surface area contributed by atoms with E-state index in [2.05, 4.69) is 27.4 Å². The maximum absolute atomic E-state index is 5.47. The van der Waals surface area contributed by atoms with Crippen LogP contribution in [0.4, 0.5) is 5.13 Å². The third kappa shape index (κ3) is 2.85. The van der Waals surface area contributed by atoms with E-state index in [0.717, 1.165) is 31.2 Å². The number of ether oxygens (including phenoxy) is 1. The first-order valence-corrected chi connectivity index (χ1v) is 5.72. The highest BCUT2D eigenvalue weighted by molar-refractivity contribution is 7.15. The Hall–Kier alpha value is -0.760. The van der Waals surface area contributed by atoms with Crippen molar-refractivity contribution in [3.8, 4) is 0 Å². The van der Waals surface area contributed by atoms with Crippen molar-refractivity contribution in [2.45, 2.75) is 19.6 Å². The SMILES string of the molecule is CC1CN(Cc2nnc(NN)s2)CCO1. The first-order valence-electron chi connectivity index (χ1n) is 4.91. The molecule has 0 aromatic carbocycles. The predicted octanol–water partition coefficient (Wildman–Crippen LogP) is 0.0444. The molecule has 1 fully saturated rings. The summed E-state index contributed by atoms with van der Waals surface area (Å²) in [5.41, 5.74) is 2.50. The molecular weight excluding hydrogens is 214 g/mol. The van der Waals surface area contributed by atoms with Gasteiger partial charge in [0, 0.05) is 13.1 Å². The van der Waals surface area contributed by atoms with Crippen molar-refractivity contribution in [2.75, 3.05) is 25.1 Å². The molecule has 0 saturated carbocycles. The molecule has 0 radical (unpaired) electrons. The highest BCUT2D eigenvalue weighted by Crippen LogP contribution is 2.16. The van der Waals surface area contributed by atoms with E-state index in [1.807, 2.05) is 0 Å². The Kier molecular flexibility index (Phi) is 3.47. The third-order valence-electron chi connectivity index (χ3n) is 2.27. The molecule has 2 rings (SSSR count). The van der Waals surface area contributed by atoms with Gasteiger partial charge in [-0.3, -0.25) is 10.3 Å². The summed E-state index contributed by atoms with van der Waals surface area (Å²) in [5.74, 6) is 5.24. The third-order valence-corrected chi connectivity index (χ3v) is 3.11. The molecule has 1 aliphatic rings. The number of hydrogen-bond acceptors (Lipinski definition) is 7. The minimum atomic E-state index is 0.304. The lowest BCUT2D eigenvalue weighted by Gasteiger charge is -2.30. The molecule has 2 heterocycles. The Labute approximate surface area is 92.4 Å². The molecular formula is C8H15N5OS. The number of hydrogen-bond donors (Lipinski definition) is 2. The van der Waals surface area contributed by atoms with Gasteiger partial charge in [-0.05, 0) is 6.92 Å². The molecule has 1 unspecified atom stereocenters. The molecule has 0 amide bonds. The topological polar surface area (TPSA) is 76.3 Å². The normalized spacial score (nSPS) is 22.9. The van der Waals surface area contributed by atoms with Crippen LogP contribution >= 0.6 is 11.3 Å². The molecule has 3 N–H and O–H groups in total. The monoisotopic (exact) mass is 229 g/mol. The second kappa shape index (κ2) is 4.84. The second-order valence-electron chi connectivity index (χ2n) is 3.56. The van der Waals surface area contributed by atoms with Crippen molar-refractivity contribution < 1.29 is 4.74 Å². The molecule has 1 aromatic heterocycles. The summed E-state index contributed by atoms with van der Waals surface area (Å²) in [7, 11) is 0. The van der Waals surface area contributed by atoms with Crippen LogP contribution in [-0.4, -0.2) is 40.9 Å². The maximum Gasteiger partial charge on any atom is 0.219 e. The molecule has 1 aromatic rings. The van der Waals surface area contributed by atoms with Crippen molar-refractivity contribution in [3.63, 3.8) is 0 Å². The van der Waals surface area contributed by atoms with Gasteiger partial charge < -0.3 is 4.74 Å². The van der Waals surface area contributed by atoms with Gasteiger partial charge in [0.25, 0.3) is 0 Å². The molecule has 1 aliphatic heterocycles. The zero-order chi connectivity index (χ0) is 10.7. The number of anilines is 1. The average Bonchev–Trinajstić information content (AvgIpc) is 2.65. The average molecular weight is 229 g/mol. The van der Waals surface area contributed by atoms with Gasteiger partial charge in [-0.15, -0.1) is 10.2 Å². The second-order valence-corrected chi connectivity index (χ2v) is 4.62. The van der Waals surface area contributed by atoms with Crippen molar-refractivity contribution in [1.29, 1.82) is 0 Å². The minimum absolute atomic E-state index is 0.304. The number of rotatable bonds is 3. The van der Waals surface area contributed by atoms with Gasteiger partial charge in [0.15, 0.2) is 0 Å². The van der Waals surface area contributed by atoms with Crippen LogP contribution in [0.15, 0.2) is 0 Å². The quantitative estimate of drug-likeness (QED) is 0.563. The number of nitrogen functional groups attached to an aromatic ring is 1. The lowest BCUT2D eigenvalue weighted by molar-refractivity contribution is -0.0212. The number of nitrogens with two attached hydrogens (primary N) is 1. The fraction of sp³-hybridized carbons (Fsp3) is 0.750. The summed E-state index contributed by atoms with van der Waals surface area (Å²) in [4.78, 5) is 2.31. The van der Waals surface area contributed by atoms with Crippen molar-refractivity contribution in [2.24, 2.45) is 5.84 Å². The highest BCUT2D eigenvalue weighted by atomic mass is 32.1. The molecule has 15 heavy (non-hydrogen) atoms. The highest BCUT2D eigenvalue weighted by Gasteiger charge is 2.18.